The Labute approximate surface area is 125 Å². The molecule has 9 nitrogen and oxygen atoms in total. The largest absolute Gasteiger partial charge is 0.387 e. The Morgan fingerprint density at radius 1 is 1.36 bits per heavy atom. The van der Waals surface area contributed by atoms with Crippen molar-refractivity contribution >= 4 is 17.0 Å². The number of hydrogen-bond acceptors (Lipinski definition) is 8. The van der Waals surface area contributed by atoms with Gasteiger partial charge in [-0.05, 0) is 0 Å². The summed E-state index contributed by atoms with van der Waals surface area (Å²) < 4.78 is 12.3. The van der Waals surface area contributed by atoms with Crippen molar-refractivity contribution in [3.63, 3.8) is 0 Å². The minimum Gasteiger partial charge on any atom is -0.387 e. The minimum absolute atomic E-state index is 0.0721. The lowest BCUT2D eigenvalue weighted by Crippen LogP contribution is -2.33. The highest BCUT2D eigenvalue weighted by molar-refractivity contribution is 5.81. The van der Waals surface area contributed by atoms with Gasteiger partial charge in [-0.3, -0.25) is 4.57 Å². The Hall–Kier alpha value is -2.25. The number of nitrogen functional groups attached to an aromatic ring is 1. The van der Waals surface area contributed by atoms with Crippen LogP contribution in [0, 0.1) is 12.3 Å². The zero-order chi connectivity index (χ0) is 15.7. The van der Waals surface area contributed by atoms with Crippen molar-refractivity contribution in [2.24, 2.45) is 0 Å². The number of hydrogen-bond donors (Lipinski definition) is 3. The molecule has 22 heavy (non-hydrogen) atoms. The predicted octanol–water partition coefficient (Wildman–Crippen LogP) is -1.32. The molecular formula is C13H15N5O4. The molecule has 1 aliphatic rings. The molecule has 0 amide bonds. The van der Waals surface area contributed by atoms with E-state index in [1.165, 1.54) is 17.2 Å². The van der Waals surface area contributed by atoms with E-state index < -0.39 is 24.5 Å². The first-order valence-corrected chi connectivity index (χ1v) is 6.59. The molecule has 0 unspecified atom stereocenters. The summed E-state index contributed by atoms with van der Waals surface area (Å²) in [5.74, 6) is 2.55. The molecule has 9 heteroatoms. The second-order valence-electron chi connectivity index (χ2n) is 4.85. The van der Waals surface area contributed by atoms with E-state index >= 15 is 0 Å². The predicted molar refractivity (Wildman–Crippen MR) is 75.3 cm³/mol. The van der Waals surface area contributed by atoms with Gasteiger partial charge in [-0.2, -0.15) is 0 Å². The van der Waals surface area contributed by atoms with Crippen LogP contribution in [0.4, 0.5) is 5.82 Å². The van der Waals surface area contributed by atoms with Crippen molar-refractivity contribution in [3.8, 4) is 12.3 Å². The molecular weight excluding hydrogens is 290 g/mol. The monoisotopic (exact) mass is 305 g/mol. The minimum atomic E-state index is -1.16. The fourth-order valence-corrected chi connectivity index (χ4v) is 2.39. The summed E-state index contributed by atoms with van der Waals surface area (Å²) in [5.41, 5.74) is 6.53. The molecule has 4 atom stereocenters. The molecule has 0 saturated carbocycles. The van der Waals surface area contributed by atoms with E-state index in [1.807, 2.05) is 0 Å². The molecule has 1 aliphatic heterocycles. The van der Waals surface area contributed by atoms with Gasteiger partial charge in [-0.25, -0.2) is 15.0 Å². The molecule has 3 rings (SSSR count). The normalized spacial score (nSPS) is 28.0. The second-order valence-corrected chi connectivity index (χ2v) is 4.85. The Kier molecular flexibility index (Phi) is 3.91. The molecule has 1 saturated heterocycles. The van der Waals surface area contributed by atoms with Gasteiger partial charge in [0.15, 0.2) is 17.7 Å². The molecule has 116 valence electrons. The molecule has 0 aromatic carbocycles. The van der Waals surface area contributed by atoms with E-state index in [4.69, 9.17) is 21.6 Å². The van der Waals surface area contributed by atoms with Crippen LogP contribution in [0.3, 0.4) is 0 Å². The third kappa shape index (κ3) is 2.38. The Morgan fingerprint density at radius 3 is 2.95 bits per heavy atom. The highest BCUT2D eigenvalue weighted by Gasteiger charge is 2.44. The number of ether oxygens (including phenoxy) is 2. The zero-order valence-electron chi connectivity index (χ0n) is 11.5. The topological polar surface area (TPSA) is 129 Å². The van der Waals surface area contributed by atoms with Crippen LogP contribution in [0.25, 0.3) is 11.2 Å². The van der Waals surface area contributed by atoms with Crippen LogP contribution in [0.2, 0.25) is 0 Å². The van der Waals surface area contributed by atoms with Gasteiger partial charge in [0, 0.05) is 0 Å². The average Bonchev–Trinajstić information content (AvgIpc) is 3.05. The van der Waals surface area contributed by atoms with Gasteiger partial charge in [-0.1, -0.05) is 5.92 Å². The lowest BCUT2D eigenvalue weighted by molar-refractivity contribution is -0.0615. The molecule has 4 N–H and O–H groups in total. The number of anilines is 1. The smallest absolute Gasteiger partial charge is 0.167 e. The number of aliphatic hydroxyl groups is 2. The first-order chi connectivity index (χ1) is 10.6. The number of rotatable bonds is 4. The van der Waals surface area contributed by atoms with Crippen LogP contribution in [0.15, 0.2) is 12.7 Å². The fraction of sp³-hybridized carbons (Fsp3) is 0.462. The van der Waals surface area contributed by atoms with Gasteiger partial charge in [0.05, 0.1) is 12.9 Å². The van der Waals surface area contributed by atoms with Gasteiger partial charge in [0.2, 0.25) is 0 Å². The summed E-state index contributed by atoms with van der Waals surface area (Å²) >= 11 is 0. The quantitative estimate of drug-likeness (QED) is 0.468. The van der Waals surface area contributed by atoms with Crippen molar-refractivity contribution in [3.05, 3.63) is 12.7 Å². The number of imidazole rings is 1. The van der Waals surface area contributed by atoms with Crippen LogP contribution in [0.1, 0.15) is 6.23 Å². The number of nitrogens with zero attached hydrogens (tertiary/aromatic N) is 4. The van der Waals surface area contributed by atoms with E-state index in [0.717, 1.165) is 0 Å². The summed E-state index contributed by atoms with van der Waals surface area (Å²) in [6.45, 7) is 0.174. The summed E-state index contributed by atoms with van der Waals surface area (Å²) in [4.78, 5) is 12.0. The molecule has 0 radical (unpaired) electrons. The average molecular weight is 305 g/mol. The summed E-state index contributed by atoms with van der Waals surface area (Å²) in [6.07, 6.45) is 3.99. The van der Waals surface area contributed by atoms with Gasteiger partial charge in [0.25, 0.3) is 0 Å². The van der Waals surface area contributed by atoms with Crippen molar-refractivity contribution in [1.82, 2.24) is 19.5 Å². The zero-order valence-corrected chi connectivity index (χ0v) is 11.5. The van der Waals surface area contributed by atoms with Crippen molar-refractivity contribution in [2.45, 2.75) is 24.5 Å². The van der Waals surface area contributed by atoms with E-state index in [1.54, 1.807) is 0 Å². The maximum Gasteiger partial charge on any atom is 0.167 e. The Balaban J connectivity index is 1.85. The molecule has 0 aliphatic carbocycles. The maximum absolute atomic E-state index is 10.2. The van der Waals surface area contributed by atoms with E-state index in [9.17, 15) is 10.2 Å². The first-order valence-electron chi connectivity index (χ1n) is 6.59. The number of aromatic nitrogens is 4. The van der Waals surface area contributed by atoms with Crippen molar-refractivity contribution < 1.29 is 19.7 Å². The number of aliphatic hydroxyl groups excluding tert-OH is 2. The Bertz CT molecular complexity index is 712. The van der Waals surface area contributed by atoms with Gasteiger partial charge in [0.1, 0.15) is 36.8 Å². The fourth-order valence-electron chi connectivity index (χ4n) is 2.39. The van der Waals surface area contributed by atoms with Crippen LogP contribution in [-0.4, -0.2) is 61.3 Å². The molecule has 2 aromatic heterocycles. The van der Waals surface area contributed by atoms with Crippen LogP contribution >= 0.6 is 0 Å². The van der Waals surface area contributed by atoms with Crippen molar-refractivity contribution in [1.29, 1.82) is 0 Å². The van der Waals surface area contributed by atoms with E-state index in [2.05, 4.69) is 20.9 Å². The maximum atomic E-state index is 10.2. The second kappa shape index (κ2) is 5.86. The van der Waals surface area contributed by atoms with E-state index in [-0.39, 0.29) is 19.0 Å². The molecule has 3 heterocycles. The number of fused-ring (bicyclic) bond motifs is 1. The lowest BCUT2D eigenvalue weighted by atomic mass is 10.1. The lowest BCUT2D eigenvalue weighted by Gasteiger charge is -2.16. The van der Waals surface area contributed by atoms with Crippen LogP contribution in [0.5, 0.6) is 0 Å². The SMILES string of the molecule is C#CCOC[C@H]1O[C@@H](n2cnc3c(N)ncnc32)[C@H](O)[C@@H]1O. The van der Waals surface area contributed by atoms with Gasteiger partial charge >= 0.3 is 0 Å². The standard InChI is InChI=1S/C13H15N5O4/c1-2-3-21-4-7-9(19)10(20)13(22-7)18-6-17-8-11(14)15-5-16-12(8)18/h1,5-7,9-10,13,19-20H,3-4H2,(H2,14,15,16)/t7-,9-,10-,13-/m1/s1. The van der Waals surface area contributed by atoms with Crippen LogP contribution in [-0.2, 0) is 9.47 Å². The summed E-state index contributed by atoms with van der Waals surface area (Å²) in [7, 11) is 0. The molecule has 1 fully saturated rings. The van der Waals surface area contributed by atoms with E-state index in [0.29, 0.717) is 11.2 Å². The highest BCUT2D eigenvalue weighted by atomic mass is 16.6. The number of nitrogens with two attached hydrogens (primary N) is 1. The highest BCUT2D eigenvalue weighted by Crippen LogP contribution is 2.31. The third-order valence-corrected chi connectivity index (χ3v) is 3.47. The van der Waals surface area contributed by atoms with Gasteiger partial charge in [-0.15, -0.1) is 6.42 Å². The van der Waals surface area contributed by atoms with Gasteiger partial charge < -0.3 is 25.4 Å². The summed E-state index contributed by atoms with van der Waals surface area (Å²) in [6, 6.07) is 0. The van der Waals surface area contributed by atoms with Crippen molar-refractivity contribution in [2.75, 3.05) is 18.9 Å². The molecule has 0 bridgehead atoms. The first kappa shape index (κ1) is 14.7. The molecule has 0 spiro atoms. The Morgan fingerprint density at radius 2 is 2.18 bits per heavy atom. The molecule has 2 aromatic rings. The summed E-state index contributed by atoms with van der Waals surface area (Å²) in [5, 5.41) is 20.2. The third-order valence-electron chi connectivity index (χ3n) is 3.47. The number of terminal acetylenes is 1. The van der Waals surface area contributed by atoms with Crippen LogP contribution < -0.4 is 5.73 Å².